The summed E-state index contributed by atoms with van der Waals surface area (Å²) in [5, 5.41) is 36.7. The van der Waals surface area contributed by atoms with E-state index in [1.807, 2.05) is 0 Å². The minimum atomic E-state index is -1.32. The largest absolute Gasteiger partial charge is 2.00 e. The van der Waals surface area contributed by atoms with Gasteiger partial charge in [-0.3, -0.25) is 10.2 Å². The van der Waals surface area contributed by atoms with Crippen molar-refractivity contribution in [1.29, 1.82) is 0 Å². The molecule has 0 amide bonds. The first-order valence-corrected chi connectivity index (χ1v) is 3.77. The molecular weight excluding hydrogens is 244 g/mol. The maximum atomic E-state index is 9.83. The second kappa shape index (κ2) is 7.29. The molecule has 0 aliphatic rings. The molecule has 2 N–H and O–H groups in total. The zero-order chi connectivity index (χ0) is 12.0. The molecule has 17 heavy (non-hydrogen) atoms. The fraction of sp³-hybridized carbons (Fsp3) is 0. The zero-order valence-corrected chi connectivity index (χ0v) is 9.70. The van der Waals surface area contributed by atoms with Crippen LogP contribution in [0.15, 0.2) is 12.4 Å². The maximum Gasteiger partial charge on any atom is 2.00 e. The van der Waals surface area contributed by atoms with Crippen molar-refractivity contribution in [2.24, 2.45) is 0 Å². The first kappa shape index (κ1) is 15.0. The number of aromatic amines is 2. The topological polar surface area (TPSA) is 163 Å². The van der Waals surface area contributed by atoms with Gasteiger partial charge in [-0.05, 0) is 0 Å². The third kappa shape index (κ3) is 5.03. The van der Waals surface area contributed by atoms with E-state index in [1.165, 1.54) is 0 Å². The normalized spacial score (nSPS) is 8.47. The molecule has 0 saturated carbocycles. The summed E-state index contributed by atoms with van der Waals surface area (Å²) in [6.45, 7) is 0. The quantitative estimate of drug-likeness (QED) is 0.507. The van der Waals surface area contributed by atoms with E-state index in [2.05, 4.69) is 30.8 Å². The number of carboxylic acids is 2. The fourth-order valence-corrected chi connectivity index (χ4v) is 0.603. The summed E-state index contributed by atoms with van der Waals surface area (Å²) in [6.07, 6.45) is 2.30. The van der Waals surface area contributed by atoms with E-state index in [4.69, 9.17) is 0 Å². The average Bonchev–Trinajstić information content (AvgIpc) is 2.93. The van der Waals surface area contributed by atoms with E-state index in [0.29, 0.717) is 0 Å². The molecule has 0 fully saturated rings. The van der Waals surface area contributed by atoms with Crippen molar-refractivity contribution in [2.45, 2.75) is 0 Å². The Labute approximate surface area is 110 Å². The molecule has 0 aliphatic heterocycles. The first-order valence-electron chi connectivity index (χ1n) is 3.77. The van der Waals surface area contributed by atoms with Crippen molar-refractivity contribution in [2.75, 3.05) is 0 Å². The number of carboxylic acid groups (broad SMARTS) is 2. The van der Waals surface area contributed by atoms with Gasteiger partial charge in [-0.2, -0.15) is 0 Å². The Balaban J connectivity index is 0.000000284. The van der Waals surface area contributed by atoms with Gasteiger partial charge in [-0.15, -0.1) is 10.2 Å². The zero-order valence-electron chi connectivity index (χ0n) is 8.28. The number of hydrogen-bond donors (Lipinski definition) is 2. The van der Waals surface area contributed by atoms with Crippen LogP contribution in [0.25, 0.3) is 0 Å². The van der Waals surface area contributed by atoms with Crippen molar-refractivity contribution in [3.8, 4) is 0 Å². The number of carbonyl (C=O) groups excluding carboxylic acids is 2. The van der Waals surface area contributed by atoms with Crippen molar-refractivity contribution < 1.29 is 19.8 Å². The Morgan fingerprint density at radius 1 is 0.941 bits per heavy atom. The molecule has 10 nitrogen and oxygen atoms in total. The van der Waals surface area contributed by atoms with Crippen LogP contribution in [0.1, 0.15) is 21.0 Å². The van der Waals surface area contributed by atoms with Crippen LogP contribution < -0.4 is 10.2 Å². The fourth-order valence-electron chi connectivity index (χ4n) is 0.603. The summed E-state index contributed by atoms with van der Waals surface area (Å²) in [5.74, 6) is -2.64. The van der Waals surface area contributed by atoms with Crippen LogP contribution in [-0.2, 0) is 0 Å². The Kier molecular flexibility index (Phi) is 6.43. The van der Waals surface area contributed by atoms with E-state index in [9.17, 15) is 19.8 Å². The van der Waals surface area contributed by atoms with Crippen molar-refractivity contribution in [3.05, 3.63) is 23.8 Å². The number of aromatic nitrogens is 6. The van der Waals surface area contributed by atoms with Crippen LogP contribution in [-0.4, -0.2) is 65.8 Å². The molecule has 0 spiro atoms. The third-order valence-electron chi connectivity index (χ3n) is 1.25. The molecule has 2 aromatic rings. The van der Waals surface area contributed by atoms with Gasteiger partial charge >= 0.3 is 23.1 Å². The Hall–Kier alpha value is -2.01. The minimum absolute atomic E-state index is 0. The van der Waals surface area contributed by atoms with E-state index in [-0.39, 0.29) is 34.4 Å². The van der Waals surface area contributed by atoms with Crippen LogP contribution in [0.5, 0.6) is 0 Å². The summed E-state index contributed by atoms with van der Waals surface area (Å²) >= 11 is 0. The summed E-state index contributed by atoms with van der Waals surface area (Å²) in [4.78, 5) is 19.7. The van der Waals surface area contributed by atoms with Crippen molar-refractivity contribution in [1.82, 2.24) is 30.8 Å². The van der Waals surface area contributed by atoms with Crippen LogP contribution in [0.4, 0.5) is 0 Å². The van der Waals surface area contributed by atoms with Crippen molar-refractivity contribution in [3.63, 3.8) is 0 Å². The molecule has 0 bridgehead atoms. The second-order valence-corrected chi connectivity index (χ2v) is 2.29. The molecule has 0 aliphatic carbocycles. The monoisotopic (exact) mass is 248 g/mol. The number of carbonyl (C=O) groups is 2. The van der Waals surface area contributed by atoms with E-state index in [0.717, 1.165) is 12.4 Å². The standard InChI is InChI=1S/2C3H3N3O2.Mg/c2*7-3(8)2-1-4-6-5-2;/h2*1H,(H,7,8)(H,4,5,6);/q;;+2/p-2. The third-order valence-corrected chi connectivity index (χ3v) is 1.25. The minimum Gasteiger partial charge on any atom is -0.543 e. The summed E-state index contributed by atoms with van der Waals surface area (Å²) in [5.41, 5.74) is -0.352. The van der Waals surface area contributed by atoms with Crippen LogP contribution in [0.3, 0.4) is 0 Å². The average molecular weight is 248 g/mol. The van der Waals surface area contributed by atoms with Gasteiger partial charge in [-0.1, -0.05) is 10.4 Å². The predicted octanol–water partition coefficient (Wildman–Crippen LogP) is -4.04. The summed E-state index contributed by atoms with van der Waals surface area (Å²) in [7, 11) is 0. The molecule has 0 saturated heterocycles. The van der Waals surface area contributed by atoms with Gasteiger partial charge in [0.25, 0.3) is 0 Å². The van der Waals surface area contributed by atoms with Crippen LogP contribution in [0.2, 0.25) is 0 Å². The number of rotatable bonds is 2. The van der Waals surface area contributed by atoms with Gasteiger partial charge in [-0.25, -0.2) is 0 Å². The van der Waals surface area contributed by atoms with Gasteiger partial charge in [0, 0.05) is 0 Å². The molecule has 11 heteroatoms. The van der Waals surface area contributed by atoms with Gasteiger partial charge in [0.05, 0.1) is 24.3 Å². The number of hydrogen-bond acceptors (Lipinski definition) is 8. The SMILES string of the molecule is O=C([O-])c1c[nH]nn1.O=C([O-])c1c[nH]nn1.[Mg+2]. The van der Waals surface area contributed by atoms with E-state index >= 15 is 0 Å². The summed E-state index contributed by atoms with van der Waals surface area (Å²) in [6, 6.07) is 0. The van der Waals surface area contributed by atoms with E-state index in [1.54, 1.807) is 0 Å². The summed E-state index contributed by atoms with van der Waals surface area (Å²) < 4.78 is 0. The molecule has 0 atom stereocenters. The van der Waals surface area contributed by atoms with Gasteiger partial charge in [0.2, 0.25) is 0 Å². The molecule has 0 unspecified atom stereocenters. The molecule has 2 rings (SSSR count). The van der Waals surface area contributed by atoms with Gasteiger partial charge in [0.15, 0.2) is 0 Å². The Morgan fingerprint density at radius 2 is 1.29 bits per heavy atom. The number of aromatic carboxylic acids is 2. The van der Waals surface area contributed by atoms with Crippen LogP contribution in [0, 0.1) is 0 Å². The number of H-pyrrole nitrogens is 2. The number of nitrogens with zero attached hydrogens (tertiary/aromatic N) is 4. The van der Waals surface area contributed by atoms with Crippen LogP contribution >= 0.6 is 0 Å². The first-order chi connectivity index (χ1) is 7.61. The second-order valence-electron chi connectivity index (χ2n) is 2.29. The van der Waals surface area contributed by atoms with Crippen molar-refractivity contribution >= 4 is 35.0 Å². The molecule has 84 valence electrons. The molecular formula is C6H4MgN6O4. The molecule has 2 heterocycles. The molecule has 0 radical (unpaired) electrons. The predicted molar refractivity (Wildman–Crippen MR) is 47.2 cm³/mol. The smallest absolute Gasteiger partial charge is 0.543 e. The van der Waals surface area contributed by atoms with E-state index < -0.39 is 11.9 Å². The number of nitrogens with one attached hydrogen (secondary N) is 2. The molecule has 0 aromatic carbocycles. The maximum absolute atomic E-state index is 9.83. The molecule has 2 aromatic heterocycles. The van der Waals surface area contributed by atoms with Gasteiger partial charge < -0.3 is 19.8 Å². The Bertz CT molecular complexity index is 411. The Morgan fingerprint density at radius 3 is 1.41 bits per heavy atom. The van der Waals surface area contributed by atoms with Gasteiger partial charge in [0.1, 0.15) is 11.4 Å².